The van der Waals surface area contributed by atoms with Crippen molar-refractivity contribution in [2.75, 3.05) is 12.9 Å². The van der Waals surface area contributed by atoms with Crippen LogP contribution in [0.4, 0.5) is 0 Å². The van der Waals surface area contributed by atoms with Gasteiger partial charge in [-0.25, -0.2) is 0 Å². The zero-order chi connectivity index (χ0) is 13.8. The average molecular weight is 290 g/mol. The molecular weight excluding hydrogens is 268 g/mol. The summed E-state index contributed by atoms with van der Waals surface area (Å²) in [5, 5.41) is 4.68. The molecule has 1 N–H and O–H groups in total. The number of ether oxygens (including phenoxy) is 1. The molecule has 1 aromatic rings. The monoisotopic (exact) mass is 290 g/mol. The summed E-state index contributed by atoms with van der Waals surface area (Å²) in [7, 11) is 1.80. The Kier molecular flexibility index (Phi) is 4.63. The molecule has 0 bridgehead atoms. The Balaban J connectivity index is 1.56. The van der Waals surface area contributed by atoms with Crippen LogP contribution in [0.25, 0.3) is 0 Å². The van der Waals surface area contributed by atoms with Crippen molar-refractivity contribution in [3.05, 3.63) is 35.9 Å². The van der Waals surface area contributed by atoms with Crippen LogP contribution in [0.5, 0.6) is 0 Å². The summed E-state index contributed by atoms with van der Waals surface area (Å²) in [5.74, 6) is 1.11. The number of benzene rings is 1. The molecular formula is C16H22N2OS. The molecule has 0 aromatic heterocycles. The number of nitrogens with zero attached hydrogens (tertiary/aromatic N) is 1. The highest BCUT2D eigenvalue weighted by Crippen LogP contribution is 2.26. The van der Waals surface area contributed by atoms with Crippen molar-refractivity contribution in [2.24, 2.45) is 4.99 Å². The molecule has 0 radical (unpaired) electrons. The SMILES string of the molecule is COC1CCCC1N=C1NC(Cc2ccccc2)CS1. The maximum absolute atomic E-state index is 5.51. The molecule has 1 aliphatic carbocycles. The number of methoxy groups -OCH3 is 1. The minimum Gasteiger partial charge on any atom is -0.379 e. The zero-order valence-electron chi connectivity index (χ0n) is 11.9. The predicted octanol–water partition coefficient (Wildman–Crippen LogP) is 2.86. The van der Waals surface area contributed by atoms with E-state index in [1.165, 1.54) is 12.0 Å². The van der Waals surface area contributed by atoms with Gasteiger partial charge in [-0.3, -0.25) is 4.99 Å². The number of nitrogens with one attached hydrogen (secondary N) is 1. The van der Waals surface area contributed by atoms with E-state index in [2.05, 4.69) is 35.6 Å². The highest BCUT2D eigenvalue weighted by atomic mass is 32.2. The third-order valence-electron chi connectivity index (χ3n) is 4.08. The normalized spacial score (nSPS) is 31.6. The summed E-state index contributed by atoms with van der Waals surface area (Å²) in [6, 6.07) is 11.5. The molecule has 0 amide bonds. The van der Waals surface area contributed by atoms with Crippen molar-refractivity contribution in [1.82, 2.24) is 5.32 Å². The van der Waals surface area contributed by atoms with Crippen LogP contribution in [0.1, 0.15) is 24.8 Å². The largest absolute Gasteiger partial charge is 0.379 e. The summed E-state index contributed by atoms with van der Waals surface area (Å²) >= 11 is 1.85. The van der Waals surface area contributed by atoms with Crippen molar-refractivity contribution in [2.45, 2.75) is 43.9 Å². The molecule has 20 heavy (non-hydrogen) atoms. The van der Waals surface area contributed by atoms with Gasteiger partial charge in [-0.1, -0.05) is 42.1 Å². The molecule has 3 nitrogen and oxygen atoms in total. The molecule has 4 heteroatoms. The smallest absolute Gasteiger partial charge is 0.157 e. The molecule has 1 aromatic carbocycles. The Labute approximate surface area is 125 Å². The lowest BCUT2D eigenvalue weighted by Crippen LogP contribution is -2.30. The fourth-order valence-electron chi connectivity index (χ4n) is 3.00. The van der Waals surface area contributed by atoms with E-state index in [0.717, 1.165) is 30.2 Å². The maximum atomic E-state index is 5.51. The van der Waals surface area contributed by atoms with Crippen molar-refractivity contribution in [3.8, 4) is 0 Å². The Morgan fingerprint density at radius 2 is 2.15 bits per heavy atom. The van der Waals surface area contributed by atoms with E-state index in [1.54, 1.807) is 7.11 Å². The Morgan fingerprint density at radius 3 is 2.95 bits per heavy atom. The summed E-state index contributed by atoms with van der Waals surface area (Å²) in [6.07, 6.45) is 4.94. The van der Waals surface area contributed by atoms with Crippen LogP contribution in [0.2, 0.25) is 0 Å². The van der Waals surface area contributed by atoms with Crippen LogP contribution < -0.4 is 5.32 Å². The van der Waals surface area contributed by atoms with Crippen LogP contribution in [-0.4, -0.2) is 36.2 Å². The summed E-state index contributed by atoms with van der Waals surface area (Å²) in [5.41, 5.74) is 1.39. The van der Waals surface area contributed by atoms with Gasteiger partial charge in [0.15, 0.2) is 5.17 Å². The van der Waals surface area contributed by atoms with E-state index in [1.807, 2.05) is 11.8 Å². The second-order valence-electron chi connectivity index (χ2n) is 5.55. The molecule has 1 aliphatic heterocycles. The first-order valence-corrected chi connectivity index (χ1v) is 8.37. The summed E-state index contributed by atoms with van der Waals surface area (Å²) in [6.45, 7) is 0. The van der Waals surface area contributed by atoms with Crippen LogP contribution in [0.3, 0.4) is 0 Å². The van der Waals surface area contributed by atoms with Crippen LogP contribution >= 0.6 is 11.8 Å². The van der Waals surface area contributed by atoms with Gasteiger partial charge in [0.05, 0.1) is 12.1 Å². The molecule has 108 valence electrons. The number of hydrogen-bond donors (Lipinski definition) is 1. The fourth-order valence-corrected chi connectivity index (χ4v) is 4.02. The third kappa shape index (κ3) is 3.36. The van der Waals surface area contributed by atoms with Crippen LogP contribution in [0.15, 0.2) is 35.3 Å². The zero-order valence-corrected chi connectivity index (χ0v) is 12.7. The lowest BCUT2D eigenvalue weighted by atomic mass is 10.1. The van der Waals surface area contributed by atoms with Crippen molar-refractivity contribution in [1.29, 1.82) is 0 Å². The van der Waals surface area contributed by atoms with Gasteiger partial charge in [0, 0.05) is 18.9 Å². The number of thioether (sulfide) groups is 1. The molecule has 1 saturated heterocycles. The Bertz CT molecular complexity index is 463. The lowest BCUT2D eigenvalue weighted by molar-refractivity contribution is 0.0966. The average Bonchev–Trinajstić information content (AvgIpc) is 3.10. The molecule has 3 unspecified atom stereocenters. The van der Waals surface area contributed by atoms with E-state index in [-0.39, 0.29) is 0 Å². The summed E-state index contributed by atoms with van der Waals surface area (Å²) in [4.78, 5) is 4.86. The molecule has 2 aliphatic rings. The van der Waals surface area contributed by atoms with Gasteiger partial charge in [-0.2, -0.15) is 0 Å². The lowest BCUT2D eigenvalue weighted by Gasteiger charge is -2.15. The van der Waals surface area contributed by atoms with Gasteiger partial charge >= 0.3 is 0 Å². The van der Waals surface area contributed by atoms with Gasteiger partial charge in [0.25, 0.3) is 0 Å². The van der Waals surface area contributed by atoms with Gasteiger partial charge in [-0.15, -0.1) is 0 Å². The van der Waals surface area contributed by atoms with Gasteiger partial charge in [-0.05, 0) is 31.2 Å². The molecule has 2 fully saturated rings. The maximum Gasteiger partial charge on any atom is 0.157 e. The van der Waals surface area contributed by atoms with E-state index >= 15 is 0 Å². The Hall–Kier alpha value is -1.00. The molecule has 1 saturated carbocycles. The van der Waals surface area contributed by atoms with Crippen molar-refractivity contribution < 1.29 is 4.74 Å². The minimum absolute atomic E-state index is 0.318. The molecule has 3 atom stereocenters. The van der Waals surface area contributed by atoms with E-state index < -0.39 is 0 Å². The highest BCUT2D eigenvalue weighted by molar-refractivity contribution is 8.14. The first-order valence-electron chi connectivity index (χ1n) is 7.39. The Morgan fingerprint density at radius 1 is 1.30 bits per heavy atom. The fraction of sp³-hybridized carbons (Fsp3) is 0.562. The molecule has 0 spiro atoms. The van der Waals surface area contributed by atoms with E-state index in [9.17, 15) is 0 Å². The second-order valence-corrected chi connectivity index (χ2v) is 6.56. The topological polar surface area (TPSA) is 33.6 Å². The minimum atomic E-state index is 0.318. The second kappa shape index (κ2) is 6.64. The van der Waals surface area contributed by atoms with Crippen molar-refractivity contribution in [3.63, 3.8) is 0 Å². The van der Waals surface area contributed by atoms with Crippen LogP contribution in [-0.2, 0) is 11.2 Å². The summed E-state index contributed by atoms with van der Waals surface area (Å²) < 4.78 is 5.51. The predicted molar refractivity (Wildman–Crippen MR) is 85.4 cm³/mol. The van der Waals surface area contributed by atoms with E-state index in [0.29, 0.717) is 18.2 Å². The number of hydrogen-bond acceptors (Lipinski definition) is 3. The number of rotatable bonds is 4. The van der Waals surface area contributed by atoms with Gasteiger partial charge in [0.2, 0.25) is 0 Å². The number of amidine groups is 1. The first-order chi connectivity index (χ1) is 9.85. The third-order valence-corrected chi connectivity index (χ3v) is 5.14. The van der Waals surface area contributed by atoms with E-state index in [4.69, 9.17) is 9.73 Å². The molecule has 3 rings (SSSR count). The quantitative estimate of drug-likeness (QED) is 0.926. The van der Waals surface area contributed by atoms with Gasteiger partial charge in [0.1, 0.15) is 0 Å². The van der Waals surface area contributed by atoms with Crippen molar-refractivity contribution >= 4 is 16.9 Å². The van der Waals surface area contributed by atoms with Crippen LogP contribution in [0, 0.1) is 0 Å². The van der Waals surface area contributed by atoms with Gasteiger partial charge < -0.3 is 10.1 Å². The molecule has 1 heterocycles. The first kappa shape index (κ1) is 14.0. The highest BCUT2D eigenvalue weighted by Gasteiger charge is 2.29. The standard InChI is InChI=1S/C16H22N2OS/c1-19-15-9-5-8-14(15)18-16-17-13(11-20-16)10-12-6-3-2-4-7-12/h2-4,6-7,13-15H,5,8-11H2,1H3,(H,17,18). The number of aliphatic imine (C=N–C) groups is 1.